The van der Waals surface area contributed by atoms with Gasteiger partial charge in [-0.05, 0) is 24.2 Å². The van der Waals surface area contributed by atoms with Crippen LogP contribution in [0, 0.1) is 5.92 Å². The molecule has 7 heteroatoms. The number of likely N-dealkylation sites (tertiary alicyclic amines) is 1. The minimum atomic E-state index is -0.0985. The number of piperidine rings is 1. The number of amides is 2. The average Bonchev–Trinajstić information content (AvgIpc) is 2.91. The zero-order valence-electron chi connectivity index (χ0n) is 21.7. The molecule has 0 radical (unpaired) electrons. The van der Waals surface area contributed by atoms with Crippen LogP contribution in [0.3, 0.4) is 0 Å². The van der Waals surface area contributed by atoms with Gasteiger partial charge in [-0.3, -0.25) is 14.5 Å². The third-order valence-electron chi connectivity index (χ3n) is 7.44. The van der Waals surface area contributed by atoms with Crippen LogP contribution in [-0.4, -0.2) is 96.9 Å². The molecule has 0 unspecified atom stereocenters. The first-order valence-electron chi connectivity index (χ1n) is 13.2. The Bertz CT molecular complexity index is 963. The van der Waals surface area contributed by atoms with Crippen LogP contribution in [0.4, 0.5) is 0 Å². The third kappa shape index (κ3) is 7.31. The summed E-state index contributed by atoms with van der Waals surface area (Å²) in [6.07, 6.45) is 0.989. The van der Waals surface area contributed by atoms with Crippen molar-refractivity contribution in [3.8, 4) is 5.75 Å². The van der Waals surface area contributed by atoms with Gasteiger partial charge in [0.1, 0.15) is 11.9 Å². The lowest BCUT2D eigenvalue weighted by atomic mass is 9.90. The number of nitrogens with zero attached hydrogens (tertiary/aromatic N) is 4. The highest BCUT2D eigenvalue weighted by Crippen LogP contribution is 2.27. The maximum absolute atomic E-state index is 13.2. The van der Waals surface area contributed by atoms with Crippen molar-refractivity contribution in [2.45, 2.75) is 32.4 Å². The van der Waals surface area contributed by atoms with E-state index in [1.54, 1.807) is 4.90 Å². The fraction of sp³-hybridized carbons (Fsp3) is 0.517. The van der Waals surface area contributed by atoms with Gasteiger partial charge in [-0.25, -0.2) is 0 Å². The maximum Gasteiger partial charge on any atom is 0.236 e. The monoisotopic (exact) mass is 492 g/mol. The van der Waals surface area contributed by atoms with Gasteiger partial charge in [0.2, 0.25) is 11.8 Å². The number of ether oxygens (including phenoxy) is 1. The highest BCUT2D eigenvalue weighted by Gasteiger charge is 2.35. The van der Waals surface area contributed by atoms with E-state index in [2.05, 4.69) is 16.7 Å². The second-order valence-electron chi connectivity index (χ2n) is 10.0. The Hall–Kier alpha value is -2.90. The summed E-state index contributed by atoms with van der Waals surface area (Å²) in [5, 5.41) is 0. The summed E-state index contributed by atoms with van der Waals surface area (Å²) in [5.74, 6) is 1.00. The van der Waals surface area contributed by atoms with Gasteiger partial charge in [-0.2, -0.15) is 0 Å². The summed E-state index contributed by atoms with van der Waals surface area (Å²) in [6.45, 7) is 9.37. The molecule has 2 aliphatic heterocycles. The molecule has 2 aromatic rings. The summed E-state index contributed by atoms with van der Waals surface area (Å²) in [7, 11) is 1.85. The molecule has 2 saturated heterocycles. The fourth-order valence-corrected chi connectivity index (χ4v) is 5.14. The Kier molecular flexibility index (Phi) is 9.36. The number of piperazine rings is 1. The van der Waals surface area contributed by atoms with Crippen LogP contribution in [0.2, 0.25) is 0 Å². The van der Waals surface area contributed by atoms with E-state index in [1.165, 1.54) is 0 Å². The Morgan fingerprint density at radius 3 is 2.22 bits per heavy atom. The van der Waals surface area contributed by atoms with Gasteiger partial charge in [0.15, 0.2) is 0 Å². The molecule has 2 fully saturated rings. The SMILES string of the molecule is CCN1CCN(CC(=O)N2CC[C@H](Oc3ccccc3)[C@@H](CC(=O)N(C)Cc3ccccc3)C2)CC1. The Morgan fingerprint density at radius 2 is 1.56 bits per heavy atom. The van der Waals surface area contributed by atoms with Crippen LogP contribution in [0.5, 0.6) is 5.75 Å². The third-order valence-corrected chi connectivity index (χ3v) is 7.44. The second-order valence-corrected chi connectivity index (χ2v) is 10.0. The highest BCUT2D eigenvalue weighted by molar-refractivity contribution is 5.79. The van der Waals surface area contributed by atoms with Crippen molar-refractivity contribution >= 4 is 11.8 Å². The van der Waals surface area contributed by atoms with Crippen LogP contribution in [0.1, 0.15) is 25.3 Å². The van der Waals surface area contributed by atoms with Gasteiger partial charge in [0.05, 0.1) is 6.54 Å². The number of para-hydroxylation sites is 1. The first-order valence-corrected chi connectivity index (χ1v) is 13.2. The molecule has 0 N–H and O–H groups in total. The van der Waals surface area contributed by atoms with E-state index in [9.17, 15) is 9.59 Å². The van der Waals surface area contributed by atoms with Crippen LogP contribution < -0.4 is 4.74 Å². The van der Waals surface area contributed by atoms with Gasteiger partial charge >= 0.3 is 0 Å². The molecule has 194 valence electrons. The number of benzene rings is 2. The average molecular weight is 493 g/mol. The Balaban J connectivity index is 1.38. The Morgan fingerprint density at radius 1 is 0.917 bits per heavy atom. The van der Waals surface area contributed by atoms with Crippen molar-refractivity contribution in [3.63, 3.8) is 0 Å². The standard InChI is InChI=1S/C29H40N4O3/c1-3-31-16-18-32(19-17-31)23-29(35)33-15-14-27(36-26-12-8-5-9-13-26)25(22-33)20-28(34)30(2)21-24-10-6-4-7-11-24/h4-13,25,27H,3,14-23H2,1-2H3/t25-,27-/m0/s1. The smallest absolute Gasteiger partial charge is 0.236 e. The van der Waals surface area contributed by atoms with E-state index in [-0.39, 0.29) is 23.8 Å². The van der Waals surface area contributed by atoms with Crippen LogP contribution >= 0.6 is 0 Å². The number of rotatable bonds is 9. The largest absolute Gasteiger partial charge is 0.490 e. The molecule has 4 rings (SSSR count). The number of carbonyl (C=O) groups is 2. The molecule has 36 heavy (non-hydrogen) atoms. The van der Waals surface area contributed by atoms with Crippen molar-refractivity contribution in [3.05, 3.63) is 66.2 Å². The molecular formula is C29H40N4O3. The van der Waals surface area contributed by atoms with E-state index in [4.69, 9.17) is 4.74 Å². The summed E-state index contributed by atoms with van der Waals surface area (Å²) in [6, 6.07) is 19.8. The van der Waals surface area contributed by atoms with Crippen molar-refractivity contribution in [2.75, 3.05) is 59.4 Å². The van der Waals surface area contributed by atoms with Crippen molar-refractivity contribution < 1.29 is 14.3 Å². The first-order chi connectivity index (χ1) is 17.5. The van der Waals surface area contributed by atoms with Crippen LogP contribution in [0.25, 0.3) is 0 Å². The normalized spacial score (nSPS) is 21.2. The van der Waals surface area contributed by atoms with E-state index in [0.29, 0.717) is 32.6 Å². The fourth-order valence-electron chi connectivity index (χ4n) is 5.14. The molecule has 2 aliphatic rings. The summed E-state index contributed by atoms with van der Waals surface area (Å²) < 4.78 is 6.34. The molecule has 2 atom stereocenters. The molecule has 0 aromatic heterocycles. The number of hydrogen-bond donors (Lipinski definition) is 0. The first kappa shape index (κ1) is 26.2. The number of carbonyl (C=O) groups excluding carboxylic acids is 2. The van der Waals surface area contributed by atoms with Crippen molar-refractivity contribution in [1.82, 2.24) is 19.6 Å². The van der Waals surface area contributed by atoms with Crippen molar-refractivity contribution in [2.24, 2.45) is 5.92 Å². The molecule has 2 aromatic carbocycles. The predicted octanol–water partition coefficient (Wildman–Crippen LogP) is 2.97. The predicted molar refractivity (Wildman–Crippen MR) is 142 cm³/mol. The minimum absolute atomic E-state index is 0.0504. The lowest BCUT2D eigenvalue weighted by Gasteiger charge is -2.40. The highest BCUT2D eigenvalue weighted by atomic mass is 16.5. The summed E-state index contributed by atoms with van der Waals surface area (Å²) in [4.78, 5) is 34.9. The lowest BCUT2D eigenvalue weighted by molar-refractivity contribution is -0.140. The van der Waals surface area contributed by atoms with Gasteiger partial charge in [0, 0.05) is 71.6 Å². The zero-order valence-corrected chi connectivity index (χ0v) is 21.7. The molecule has 0 spiro atoms. The van der Waals surface area contributed by atoms with E-state index < -0.39 is 0 Å². The lowest BCUT2D eigenvalue weighted by Crippen LogP contribution is -2.53. The molecule has 2 heterocycles. The molecule has 0 bridgehead atoms. The Labute approximate surface area is 215 Å². The summed E-state index contributed by atoms with van der Waals surface area (Å²) >= 11 is 0. The van der Waals surface area contributed by atoms with Crippen molar-refractivity contribution in [1.29, 1.82) is 0 Å². The minimum Gasteiger partial charge on any atom is -0.490 e. The van der Waals surface area contributed by atoms with E-state index in [1.807, 2.05) is 72.6 Å². The van der Waals surface area contributed by atoms with Gasteiger partial charge in [-0.1, -0.05) is 55.5 Å². The maximum atomic E-state index is 13.2. The molecule has 0 aliphatic carbocycles. The van der Waals surface area contributed by atoms with Crippen LogP contribution in [0.15, 0.2) is 60.7 Å². The molecule has 2 amide bonds. The number of likely N-dealkylation sites (N-methyl/N-ethyl adjacent to an activating group) is 1. The second kappa shape index (κ2) is 12.9. The molecular weight excluding hydrogens is 452 g/mol. The molecule has 7 nitrogen and oxygen atoms in total. The van der Waals surface area contributed by atoms with E-state index >= 15 is 0 Å². The van der Waals surface area contributed by atoms with Crippen LogP contribution in [-0.2, 0) is 16.1 Å². The van der Waals surface area contributed by atoms with E-state index in [0.717, 1.165) is 50.5 Å². The van der Waals surface area contributed by atoms with Gasteiger partial charge in [-0.15, -0.1) is 0 Å². The zero-order chi connectivity index (χ0) is 25.3. The van der Waals surface area contributed by atoms with Gasteiger partial charge < -0.3 is 19.4 Å². The number of hydrogen-bond acceptors (Lipinski definition) is 5. The van der Waals surface area contributed by atoms with Gasteiger partial charge in [0.25, 0.3) is 0 Å². The molecule has 0 saturated carbocycles. The summed E-state index contributed by atoms with van der Waals surface area (Å²) in [5.41, 5.74) is 1.11. The quantitative estimate of drug-likeness (QED) is 0.539. The topological polar surface area (TPSA) is 56.3 Å².